The first-order chi connectivity index (χ1) is 70.3. The first-order valence-electron chi connectivity index (χ1n) is 59.1. The third-order valence-electron chi connectivity index (χ3n) is 45.1. The number of hydrogen-bond acceptors (Lipinski definition) is 17. The molecule has 9 saturated heterocycles. The van der Waals surface area contributed by atoms with Crippen molar-refractivity contribution in [1.82, 2.24) is 34.3 Å². The Morgan fingerprint density at radius 3 is 0.824 bits per heavy atom. The van der Waals surface area contributed by atoms with E-state index in [4.69, 9.17) is 14.2 Å². The number of phenolic OH excluding ortho intramolecular Hbond substituents is 7. The minimum Gasteiger partial charge on any atom is -0.508 e. The van der Waals surface area contributed by atoms with Crippen LogP contribution in [-0.4, -0.2) is 242 Å². The maximum Gasteiger partial charge on any atom is 0.115 e. The molecule has 7 N–H and O–H groups in total. The van der Waals surface area contributed by atoms with Gasteiger partial charge in [0, 0.05) is 107 Å². The zero-order valence-corrected chi connectivity index (χ0v) is 94.7. The number of ether oxygens (including phenoxy) is 3. The Labute approximate surface area is 890 Å². The van der Waals surface area contributed by atoms with E-state index in [2.05, 4.69) is 215 Å². The summed E-state index contributed by atoms with van der Waals surface area (Å²) >= 11 is 0. The van der Waals surface area contributed by atoms with Crippen molar-refractivity contribution >= 4 is 0 Å². The van der Waals surface area contributed by atoms with E-state index < -0.39 is 0 Å². The van der Waals surface area contributed by atoms with Crippen LogP contribution in [0.2, 0.25) is 0 Å². The Bertz CT molecular complexity index is 5560. The maximum atomic E-state index is 9.90. The van der Waals surface area contributed by atoms with E-state index in [1.165, 1.54) is 220 Å². The SMILES string of the molecule is CC1C2Cc3ccc(O)cc3[C@]1(C)CCN2CC(C)(C)C.CC1C2Cc3ccc(O)cc3[C@]1(C)CCN2CC1(C)CC1.CC1[C@H]2Cc3ccc(O)cc3[C@]1(C)CCN2[C@@H](C)C1CC1.CC1[C@H]2Cc3ccc(O)cc3[C@]1(C)CCN2[C@H](C)C1CC1.COCCN1CC[C@@]2(C)c3cc(O)ccc3C[C@@H]1[C@@H]2C.C[C@H]1[C@H]2Cc3ccc(O)cc3[C@]1(C)CCN2C[C@@H]1CCCO1.C[C@H]1[C@H]2Cc3ccc(O)cc3[C@]1(C)CCN2C[C@H]1CCCO1. The number of aromatic hydroxyl groups is 7. The summed E-state index contributed by atoms with van der Waals surface area (Å²) in [4.78, 5) is 19.0. The van der Waals surface area contributed by atoms with Crippen LogP contribution in [-0.2, 0) is 97.1 Å². The van der Waals surface area contributed by atoms with Crippen molar-refractivity contribution in [3.8, 4) is 40.2 Å². The lowest BCUT2D eigenvalue weighted by Crippen LogP contribution is -2.60. The zero-order valence-electron chi connectivity index (χ0n) is 94.7. The summed E-state index contributed by atoms with van der Waals surface area (Å²) in [5, 5.41) is 69.2. The monoisotopic (exact) mass is 2020 g/mol. The molecule has 17 heteroatoms. The highest BCUT2D eigenvalue weighted by atomic mass is 16.5. The number of rotatable bonds is 14. The second kappa shape index (κ2) is 41.8. The van der Waals surface area contributed by atoms with Gasteiger partial charge in [-0.3, -0.25) is 34.3 Å². The summed E-state index contributed by atoms with van der Waals surface area (Å²) in [6.45, 7) is 64.7. The third-order valence-corrected chi connectivity index (χ3v) is 45.1. The largest absolute Gasteiger partial charge is 0.508 e. The number of phenols is 7. The van der Waals surface area contributed by atoms with Gasteiger partial charge in [0.05, 0.1) is 18.8 Å². The summed E-state index contributed by atoms with van der Waals surface area (Å²) in [5.74, 6) is 9.31. The molecule has 17 nitrogen and oxygen atoms in total. The van der Waals surface area contributed by atoms with E-state index in [9.17, 15) is 35.7 Å². The van der Waals surface area contributed by atoms with Crippen molar-refractivity contribution in [1.29, 1.82) is 0 Å². The topological polar surface area (TPSA) is 192 Å². The molecule has 9 aliphatic heterocycles. The molecule has 26 rings (SSSR count). The van der Waals surface area contributed by atoms with Gasteiger partial charge in [-0.2, -0.15) is 0 Å². The van der Waals surface area contributed by atoms with Gasteiger partial charge in [0.2, 0.25) is 0 Å². The van der Waals surface area contributed by atoms with E-state index in [-0.39, 0.29) is 37.9 Å². The zero-order chi connectivity index (χ0) is 105. The van der Waals surface area contributed by atoms with Crippen molar-refractivity contribution in [2.75, 3.05) is 105 Å². The van der Waals surface area contributed by atoms with Gasteiger partial charge in [0.1, 0.15) is 40.2 Å². The molecule has 808 valence electrons. The van der Waals surface area contributed by atoms with Crippen molar-refractivity contribution in [2.45, 2.75) is 397 Å². The van der Waals surface area contributed by atoms with Crippen LogP contribution < -0.4 is 0 Å². The van der Waals surface area contributed by atoms with Crippen molar-refractivity contribution < 1.29 is 50.0 Å². The molecule has 0 radical (unpaired) electrons. The summed E-state index contributed by atoms with van der Waals surface area (Å²) in [7, 11) is 1.77. The second-order valence-electron chi connectivity index (χ2n) is 54.7. The minimum absolute atomic E-state index is 0.195. The Morgan fingerprint density at radius 2 is 0.561 bits per heavy atom. The number of piperidine rings is 7. The van der Waals surface area contributed by atoms with Gasteiger partial charge in [-0.05, 0) is 479 Å². The van der Waals surface area contributed by atoms with Crippen LogP contribution >= 0.6 is 0 Å². The molecule has 148 heavy (non-hydrogen) atoms. The molecule has 25 atom stereocenters. The Morgan fingerprint density at radius 1 is 0.318 bits per heavy atom. The smallest absolute Gasteiger partial charge is 0.115 e. The van der Waals surface area contributed by atoms with Gasteiger partial charge < -0.3 is 50.0 Å². The molecule has 3 saturated carbocycles. The second-order valence-corrected chi connectivity index (χ2v) is 54.7. The molecule has 14 bridgehead atoms. The standard InChI is InChI=1S/2C19H27NO2.3C19H27NO.C19H29NO.C17H25NO2/c2*1-13-18-10-14-5-6-15(21)11-17(14)19(13,2)7-8-20(18)12-16-4-3-9-22-16;1-13-17-10-14-4-5-15(21)11-16(14)19(13,3)8-9-20(17)12-18(2)6-7-18;2*1-12-18-10-15-6-7-16(21)11-17(15)19(12,3)8-9-20(18)13(2)14-4-5-14;1-13-17-10-14-6-7-15(21)11-16(14)19(13,5)8-9-20(17)12-18(2,3)4;1-12-16-10-13-4-5-14(19)11-15(13)17(12,2)6-7-18(16)8-9-20-3/h2*5-6,11,13,16,18,21H,3-4,7-10,12H2,1-2H3;4-5,11,13,17,21H,6-10,12H2,1-3H3;2*6-7,11-14,18,21H,4-5,8-10H2,1-3H3;6-7,11,13,17,21H,8-10,12H2,1-5H3;4-5,11-12,16,19H,6-10H2,1-3H3/t13-,16+,18+,19+;13-,16-,18+,19+;13?,17?,19-;12?,13-,18+,19+;12?,13-,18-,19-;13?,17?,19-;12-,16+,17+/m0010110/s1. The number of fused-ring (bicyclic) bond motifs is 28. The van der Waals surface area contributed by atoms with Crippen LogP contribution in [0.5, 0.6) is 40.2 Å². The molecule has 0 spiro atoms. The number of methoxy groups -OCH3 is 1. The Hall–Kier alpha value is -7.26. The summed E-state index contributed by atoms with van der Waals surface area (Å²) in [5.41, 5.74) is 22.3. The van der Waals surface area contributed by atoms with E-state index in [1.807, 2.05) is 84.9 Å². The molecule has 7 aromatic rings. The van der Waals surface area contributed by atoms with E-state index in [1.54, 1.807) is 7.11 Å². The first kappa shape index (κ1) is 108. The number of likely N-dealkylation sites (tertiary alicyclic amines) is 7. The molecule has 0 aromatic heterocycles. The quantitative estimate of drug-likeness (QED) is 0.0543. The average Bonchev–Trinajstić information content (AvgIpc) is 1.61. The molecule has 10 aliphatic carbocycles. The lowest BCUT2D eigenvalue weighted by molar-refractivity contribution is -0.00671. The minimum atomic E-state index is 0.195. The molecule has 6 unspecified atom stereocenters. The summed E-state index contributed by atoms with van der Waals surface area (Å²) in [6, 6.07) is 48.1. The van der Waals surface area contributed by atoms with Crippen LogP contribution in [0.3, 0.4) is 0 Å². The van der Waals surface area contributed by atoms with Gasteiger partial charge in [-0.15, -0.1) is 0 Å². The van der Waals surface area contributed by atoms with Gasteiger partial charge in [0.15, 0.2) is 0 Å². The van der Waals surface area contributed by atoms with Crippen LogP contribution in [0.4, 0.5) is 0 Å². The van der Waals surface area contributed by atoms with Crippen molar-refractivity contribution in [2.24, 2.45) is 64.1 Å². The average molecular weight is 2020 g/mol. The third kappa shape index (κ3) is 20.7. The lowest BCUT2D eigenvalue weighted by Gasteiger charge is -2.56. The van der Waals surface area contributed by atoms with Crippen LogP contribution in [0.25, 0.3) is 0 Å². The predicted octanol–water partition coefficient (Wildman–Crippen LogP) is 23.9. The number of hydrogen-bond donors (Lipinski definition) is 7. The van der Waals surface area contributed by atoms with Crippen molar-refractivity contribution in [3.05, 3.63) is 205 Å². The van der Waals surface area contributed by atoms with Gasteiger partial charge in [-0.25, -0.2) is 0 Å². The van der Waals surface area contributed by atoms with Gasteiger partial charge in [0.25, 0.3) is 0 Å². The number of nitrogens with zero attached hydrogens (tertiary/aromatic N) is 7. The fraction of sp³-hybridized carbons (Fsp3) is 0.679. The predicted molar refractivity (Wildman–Crippen MR) is 599 cm³/mol. The van der Waals surface area contributed by atoms with Crippen molar-refractivity contribution in [3.63, 3.8) is 0 Å². The lowest BCUT2D eigenvalue weighted by atomic mass is 9.58. The molecule has 0 amide bonds. The normalized spacial score (nSPS) is 36.2. The summed E-state index contributed by atoms with van der Waals surface area (Å²) < 4.78 is 17.0. The van der Waals surface area contributed by atoms with E-state index in [0.29, 0.717) is 147 Å². The van der Waals surface area contributed by atoms with Crippen LogP contribution in [0.1, 0.15) is 326 Å². The van der Waals surface area contributed by atoms with Gasteiger partial charge in [-0.1, -0.05) is 167 Å². The first-order valence-corrected chi connectivity index (χ1v) is 59.1. The number of benzene rings is 7. The highest BCUT2D eigenvalue weighted by molar-refractivity contribution is 5.52. The Kier molecular flexibility index (Phi) is 30.4. The highest BCUT2D eigenvalue weighted by Gasteiger charge is 2.59. The Balaban J connectivity index is 0.000000105. The molecular weight excluding hydrogens is 1830 g/mol. The highest BCUT2D eigenvalue weighted by Crippen LogP contribution is 2.60. The van der Waals surface area contributed by atoms with Crippen LogP contribution in [0.15, 0.2) is 127 Å². The molecule has 7 aromatic carbocycles. The van der Waals surface area contributed by atoms with E-state index >= 15 is 0 Å². The molecular formula is C131H189N7O10. The summed E-state index contributed by atoms with van der Waals surface area (Å²) in [6.07, 6.45) is 30.6. The fourth-order valence-electron chi connectivity index (χ4n) is 33.4. The molecule has 12 fully saturated rings. The molecule has 19 aliphatic rings. The fourth-order valence-corrected chi connectivity index (χ4v) is 33.4. The van der Waals surface area contributed by atoms with E-state index in [0.717, 1.165) is 134 Å². The molecule has 9 heterocycles. The van der Waals surface area contributed by atoms with Crippen LogP contribution in [0, 0.1) is 64.1 Å². The van der Waals surface area contributed by atoms with Gasteiger partial charge >= 0.3 is 0 Å². The maximum absolute atomic E-state index is 9.90.